The smallest absolute Gasteiger partial charge is 0.0943 e. The normalized spacial score (nSPS) is 39.8. The lowest BCUT2D eigenvalue weighted by Crippen LogP contribution is -2.57. The van der Waals surface area contributed by atoms with E-state index in [1.165, 1.54) is 38.5 Å². The van der Waals surface area contributed by atoms with Gasteiger partial charge >= 0.3 is 0 Å². The van der Waals surface area contributed by atoms with E-state index < -0.39 is 0 Å². The number of nitrogens with zero attached hydrogens (tertiary/aromatic N) is 1. The Hall–Kier alpha value is -0.930. The molecule has 2 atom stereocenters. The summed E-state index contributed by atoms with van der Waals surface area (Å²) in [7, 11) is 0. The molecule has 0 saturated heterocycles. The van der Waals surface area contributed by atoms with Crippen LogP contribution >= 0.6 is 23.2 Å². The molecule has 0 radical (unpaired) electrons. The van der Waals surface area contributed by atoms with Gasteiger partial charge in [-0.2, -0.15) is 0 Å². The SMILES string of the molecule is C=C(NNc1c(Cl)cncc1Cl)C12CC3CC(C)(CC(C)(C3)C1)C2. The van der Waals surface area contributed by atoms with Crippen molar-refractivity contribution in [2.24, 2.45) is 22.2 Å². The molecule has 2 N–H and O–H groups in total. The minimum absolute atomic E-state index is 0.182. The Kier molecular flexibility index (Phi) is 3.64. The maximum Gasteiger partial charge on any atom is 0.0943 e. The van der Waals surface area contributed by atoms with Gasteiger partial charge in [-0.15, -0.1) is 0 Å². The number of rotatable bonds is 4. The van der Waals surface area contributed by atoms with Crippen molar-refractivity contribution in [2.75, 3.05) is 5.43 Å². The quantitative estimate of drug-likeness (QED) is 0.660. The van der Waals surface area contributed by atoms with Gasteiger partial charge in [0.2, 0.25) is 0 Å². The number of halogens is 2. The van der Waals surface area contributed by atoms with Crippen molar-refractivity contribution in [3.05, 3.63) is 34.7 Å². The van der Waals surface area contributed by atoms with E-state index in [4.69, 9.17) is 23.2 Å². The van der Waals surface area contributed by atoms with E-state index in [0.29, 0.717) is 26.6 Å². The van der Waals surface area contributed by atoms with E-state index in [9.17, 15) is 0 Å². The van der Waals surface area contributed by atoms with Crippen molar-refractivity contribution < 1.29 is 0 Å². The molecule has 1 aromatic rings. The molecule has 4 bridgehead atoms. The number of aromatic nitrogens is 1. The van der Waals surface area contributed by atoms with Gasteiger partial charge in [-0.3, -0.25) is 10.4 Å². The summed E-state index contributed by atoms with van der Waals surface area (Å²) in [6, 6.07) is 0. The Balaban J connectivity index is 1.54. The molecule has 5 rings (SSSR count). The molecule has 1 aromatic heterocycles. The molecule has 4 aliphatic carbocycles. The molecular formula is C19H25Cl2N3. The number of allylic oxidation sites excluding steroid dienone is 1. The molecule has 1 heterocycles. The monoisotopic (exact) mass is 365 g/mol. The summed E-state index contributed by atoms with van der Waals surface area (Å²) in [6.07, 6.45) is 11.0. The van der Waals surface area contributed by atoms with Crippen LogP contribution in [-0.4, -0.2) is 4.98 Å². The number of nitrogens with one attached hydrogen (secondary N) is 2. The minimum Gasteiger partial charge on any atom is -0.305 e. The molecule has 4 saturated carbocycles. The topological polar surface area (TPSA) is 37.0 Å². The lowest BCUT2D eigenvalue weighted by atomic mass is 9.40. The molecule has 4 fully saturated rings. The van der Waals surface area contributed by atoms with Crippen molar-refractivity contribution in [2.45, 2.75) is 52.4 Å². The summed E-state index contributed by atoms with van der Waals surface area (Å²) < 4.78 is 0. The van der Waals surface area contributed by atoms with E-state index in [0.717, 1.165) is 11.6 Å². The standard InChI is InChI=1S/C19H25Cl2N3/c1-12(23-24-16-14(20)7-22-8-15(16)21)19-6-13-4-17(2,10-19)9-18(3,5-13)11-19/h7-8,13,23H,1,4-6,9-11H2,2-3H3,(H,22,24). The highest BCUT2D eigenvalue weighted by Crippen LogP contribution is 2.70. The Morgan fingerprint density at radius 1 is 1.08 bits per heavy atom. The second kappa shape index (κ2) is 5.28. The summed E-state index contributed by atoms with van der Waals surface area (Å²) in [5.41, 5.74) is 9.36. The average molecular weight is 366 g/mol. The summed E-state index contributed by atoms with van der Waals surface area (Å²) in [6.45, 7) is 9.35. The third-order valence-corrected chi connectivity index (χ3v) is 7.03. The molecule has 24 heavy (non-hydrogen) atoms. The Morgan fingerprint density at radius 2 is 1.67 bits per heavy atom. The molecule has 0 aromatic carbocycles. The van der Waals surface area contributed by atoms with Crippen molar-refractivity contribution in [3.63, 3.8) is 0 Å². The molecule has 3 nitrogen and oxygen atoms in total. The summed E-state index contributed by atoms with van der Waals surface area (Å²) in [5, 5.41) is 1.01. The van der Waals surface area contributed by atoms with Gasteiger partial charge in [0.15, 0.2) is 0 Å². The average Bonchev–Trinajstić information content (AvgIpc) is 2.42. The van der Waals surface area contributed by atoms with Crippen molar-refractivity contribution in [1.29, 1.82) is 0 Å². The fourth-order valence-corrected chi connectivity index (χ4v) is 7.04. The third-order valence-electron chi connectivity index (χ3n) is 6.46. The van der Waals surface area contributed by atoms with Crippen molar-refractivity contribution in [1.82, 2.24) is 10.4 Å². The maximum absolute atomic E-state index is 6.20. The van der Waals surface area contributed by atoms with Crippen molar-refractivity contribution in [3.8, 4) is 0 Å². The van der Waals surface area contributed by atoms with Crippen LogP contribution in [0.25, 0.3) is 0 Å². The van der Waals surface area contributed by atoms with E-state index >= 15 is 0 Å². The van der Waals surface area contributed by atoms with Gasteiger partial charge in [0.05, 0.1) is 15.7 Å². The third kappa shape index (κ3) is 2.61. The second-order valence-corrected chi connectivity index (χ2v) is 9.93. The van der Waals surface area contributed by atoms with Crippen LogP contribution < -0.4 is 10.9 Å². The first-order valence-electron chi connectivity index (χ1n) is 8.73. The molecular weight excluding hydrogens is 341 g/mol. The predicted molar refractivity (Wildman–Crippen MR) is 100.0 cm³/mol. The zero-order valence-electron chi connectivity index (χ0n) is 14.4. The highest BCUT2D eigenvalue weighted by molar-refractivity contribution is 6.38. The zero-order valence-corrected chi connectivity index (χ0v) is 15.9. The van der Waals surface area contributed by atoms with E-state index in [1.807, 2.05) is 0 Å². The van der Waals surface area contributed by atoms with Crippen LogP contribution in [0, 0.1) is 22.2 Å². The van der Waals surface area contributed by atoms with E-state index in [1.54, 1.807) is 12.4 Å². The van der Waals surface area contributed by atoms with Gasteiger partial charge in [0, 0.05) is 23.5 Å². The highest BCUT2D eigenvalue weighted by Gasteiger charge is 2.60. The van der Waals surface area contributed by atoms with Gasteiger partial charge in [-0.25, -0.2) is 0 Å². The second-order valence-electron chi connectivity index (χ2n) is 9.12. The van der Waals surface area contributed by atoms with E-state index in [-0.39, 0.29) is 5.41 Å². The zero-order chi connectivity index (χ0) is 17.2. The summed E-state index contributed by atoms with van der Waals surface area (Å²) in [5.74, 6) is 0.836. The first-order chi connectivity index (χ1) is 11.2. The van der Waals surface area contributed by atoms with Crippen molar-refractivity contribution >= 4 is 28.9 Å². The fraction of sp³-hybridized carbons (Fsp3) is 0.632. The highest BCUT2D eigenvalue weighted by atomic mass is 35.5. The summed E-state index contributed by atoms with van der Waals surface area (Å²) in [4.78, 5) is 3.99. The Labute approximate surface area is 154 Å². The number of pyridine rings is 1. The van der Waals surface area contributed by atoms with Gasteiger partial charge < -0.3 is 5.43 Å². The van der Waals surface area contributed by atoms with Gasteiger partial charge in [0.25, 0.3) is 0 Å². The van der Waals surface area contributed by atoms with Gasteiger partial charge in [0.1, 0.15) is 0 Å². The molecule has 130 valence electrons. The first-order valence-corrected chi connectivity index (χ1v) is 9.49. The molecule has 5 heteroatoms. The van der Waals surface area contributed by atoms with Gasteiger partial charge in [-0.1, -0.05) is 43.6 Å². The van der Waals surface area contributed by atoms with Crippen LogP contribution in [0.3, 0.4) is 0 Å². The van der Waals surface area contributed by atoms with Gasteiger partial charge in [-0.05, 0) is 55.3 Å². The van der Waals surface area contributed by atoms with Crippen LogP contribution in [0.15, 0.2) is 24.7 Å². The lowest BCUT2D eigenvalue weighted by molar-refractivity contribution is -0.130. The number of hydrazine groups is 1. The number of anilines is 1. The van der Waals surface area contributed by atoms with Crippen LogP contribution in [0.1, 0.15) is 52.4 Å². The fourth-order valence-electron chi connectivity index (χ4n) is 6.59. The van der Waals surface area contributed by atoms with Crippen LogP contribution in [0.4, 0.5) is 5.69 Å². The van der Waals surface area contributed by atoms with Crippen LogP contribution in [-0.2, 0) is 0 Å². The van der Waals surface area contributed by atoms with Crippen LogP contribution in [0.5, 0.6) is 0 Å². The molecule has 2 unspecified atom stereocenters. The Bertz CT molecular complexity index is 664. The largest absolute Gasteiger partial charge is 0.305 e. The maximum atomic E-state index is 6.20. The summed E-state index contributed by atoms with van der Waals surface area (Å²) >= 11 is 12.4. The molecule has 0 amide bonds. The molecule has 0 aliphatic heterocycles. The Morgan fingerprint density at radius 3 is 2.21 bits per heavy atom. The molecule has 0 spiro atoms. The minimum atomic E-state index is 0.182. The van der Waals surface area contributed by atoms with Crippen LogP contribution in [0.2, 0.25) is 10.0 Å². The first kappa shape index (κ1) is 16.5. The number of hydrogen-bond acceptors (Lipinski definition) is 3. The van der Waals surface area contributed by atoms with E-state index in [2.05, 4.69) is 36.3 Å². The molecule has 4 aliphatic rings. The predicted octanol–water partition coefficient (Wildman–Crippen LogP) is 5.82. The number of hydrogen-bond donors (Lipinski definition) is 2. The lowest BCUT2D eigenvalue weighted by Gasteiger charge is -2.65.